The molecule has 0 amide bonds. The molecule has 0 aromatic rings. The summed E-state index contributed by atoms with van der Waals surface area (Å²) in [7, 11) is 5.91. The summed E-state index contributed by atoms with van der Waals surface area (Å²) in [6.07, 6.45) is 6.16. The van der Waals surface area contributed by atoms with Crippen LogP contribution in [0.1, 0.15) is 6.42 Å². The van der Waals surface area contributed by atoms with E-state index in [9.17, 15) is 0 Å². The molecule has 0 radical (unpaired) electrons. The maximum absolute atomic E-state index is 2.95. The lowest BCUT2D eigenvalue weighted by Gasteiger charge is -2.19. The Kier molecular flexibility index (Phi) is 1.43. The van der Waals surface area contributed by atoms with Crippen molar-refractivity contribution in [3.8, 4) is 0 Å². The van der Waals surface area contributed by atoms with Crippen LogP contribution in [-0.4, -0.2) is 11.3 Å². The first-order valence-electron chi connectivity index (χ1n) is 3.48. The predicted octanol–water partition coefficient (Wildman–Crippen LogP) is 1.68. The monoisotopic (exact) mass is 158 g/mol. The van der Waals surface area contributed by atoms with Crippen LogP contribution in [0.25, 0.3) is 0 Å². The molecular formula is C7H12P2. The molecule has 50 valence electrons. The van der Waals surface area contributed by atoms with Gasteiger partial charge in [-0.15, -0.1) is 18.5 Å². The fourth-order valence-electron chi connectivity index (χ4n) is 1.90. The summed E-state index contributed by atoms with van der Waals surface area (Å²) >= 11 is 0. The van der Waals surface area contributed by atoms with Gasteiger partial charge in [0.1, 0.15) is 0 Å². The van der Waals surface area contributed by atoms with Gasteiger partial charge in [-0.1, -0.05) is 12.2 Å². The van der Waals surface area contributed by atoms with Crippen LogP contribution < -0.4 is 0 Å². The summed E-state index contributed by atoms with van der Waals surface area (Å²) in [6.45, 7) is 0. The Morgan fingerprint density at radius 1 is 1.00 bits per heavy atom. The summed E-state index contributed by atoms with van der Waals surface area (Å²) in [5.74, 6) is 1.75. The molecule has 6 atom stereocenters. The summed E-state index contributed by atoms with van der Waals surface area (Å²) < 4.78 is 0. The molecule has 0 nitrogen and oxygen atoms in total. The highest BCUT2D eigenvalue weighted by Crippen LogP contribution is 2.46. The summed E-state index contributed by atoms with van der Waals surface area (Å²) in [6, 6.07) is 0. The minimum Gasteiger partial charge on any atom is -0.133 e. The van der Waals surface area contributed by atoms with Crippen LogP contribution in [0.15, 0.2) is 12.2 Å². The zero-order valence-corrected chi connectivity index (χ0v) is 7.64. The van der Waals surface area contributed by atoms with Crippen molar-refractivity contribution in [3.63, 3.8) is 0 Å². The molecule has 0 aromatic heterocycles. The van der Waals surface area contributed by atoms with Crippen molar-refractivity contribution < 1.29 is 0 Å². The van der Waals surface area contributed by atoms with E-state index in [4.69, 9.17) is 0 Å². The zero-order chi connectivity index (χ0) is 6.43. The van der Waals surface area contributed by atoms with Gasteiger partial charge >= 0.3 is 0 Å². The quantitative estimate of drug-likeness (QED) is 0.371. The van der Waals surface area contributed by atoms with Crippen LogP contribution in [0.2, 0.25) is 0 Å². The van der Waals surface area contributed by atoms with Gasteiger partial charge in [0.15, 0.2) is 0 Å². The van der Waals surface area contributed by atoms with E-state index < -0.39 is 0 Å². The molecule has 9 heavy (non-hydrogen) atoms. The van der Waals surface area contributed by atoms with Crippen molar-refractivity contribution in [2.24, 2.45) is 11.8 Å². The van der Waals surface area contributed by atoms with Crippen LogP contribution in [0.5, 0.6) is 0 Å². The predicted molar refractivity (Wildman–Crippen MR) is 47.7 cm³/mol. The van der Waals surface area contributed by atoms with Gasteiger partial charge in [-0.2, -0.15) is 0 Å². The third-order valence-corrected chi connectivity index (χ3v) is 4.91. The maximum Gasteiger partial charge on any atom is -0.0133 e. The highest BCUT2D eigenvalue weighted by Gasteiger charge is 2.39. The van der Waals surface area contributed by atoms with E-state index in [1.807, 2.05) is 0 Å². The molecule has 0 N–H and O–H groups in total. The molecule has 2 unspecified atom stereocenters. The number of fused-ring (bicyclic) bond motifs is 2. The fourth-order valence-corrected chi connectivity index (χ4v) is 3.04. The third-order valence-electron chi connectivity index (χ3n) is 2.58. The van der Waals surface area contributed by atoms with Crippen molar-refractivity contribution >= 4 is 18.5 Å². The molecule has 0 saturated heterocycles. The van der Waals surface area contributed by atoms with Crippen molar-refractivity contribution in [2.45, 2.75) is 17.7 Å². The summed E-state index contributed by atoms with van der Waals surface area (Å²) in [5.41, 5.74) is 1.68. The number of allylic oxidation sites excluding steroid dienone is 2. The normalized spacial score (nSPS) is 54.9. The van der Waals surface area contributed by atoms with Gasteiger partial charge < -0.3 is 0 Å². The summed E-state index contributed by atoms with van der Waals surface area (Å²) in [5, 5.41) is 0. The van der Waals surface area contributed by atoms with E-state index in [2.05, 4.69) is 30.6 Å². The van der Waals surface area contributed by atoms with Gasteiger partial charge in [0.2, 0.25) is 0 Å². The Balaban J connectivity index is 2.26. The lowest BCUT2D eigenvalue weighted by Crippen LogP contribution is -2.17. The van der Waals surface area contributed by atoms with E-state index in [1.165, 1.54) is 6.42 Å². The third kappa shape index (κ3) is 0.803. The Morgan fingerprint density at radius 2 is 1.44 bits per heavy atom. The van der Waals surface area contributed by atoms with Gasteiger partial charge in [0, 0.05) is 0 Å². The lowest BCUT2D eigenvalue weighted by atomic mass is 10.1. The molecule has 0 spiro atoms. The Morgan fingerprint density at radius 3 is 1.67 bits per heavy atom. The maximum atomic E-state index is 2.95. The van der Waals surface area contributed by atoms with Crippen molar-refractivity contribution in [3.05, 3.63) is 12.2 Å². The number of hydrogen-bond acceptors (Lipinski definition) is 0. The van der Waals surface area contributed by atoms with Gasteiger partial charge in [-0.25, -0.2) is 0 Å². The number of hydrogen-bond donors (Lipinski definition) is 0. The Bertz CT molecular complexity index is 137. The molecule has 2 rings (SSSR count). The van der Waals surface area contributed by atoms with Gasteiger partial charge in [0.25, 0.3) is 0 Å². The van der Waals surface area contributed by atoms with Crippen molar-refractivity contribution in [1.82, 2.24) is 0 Å². The Labute approximate surface area is 60.9 Å². The molecule has 2 aliphatic carbocycles. The topological polar surface area (TPSA) is 0 Å². The molecular weight excluding hydrogens is 146 g/mol. The first kappa shape index (κ1) is 6.32. The molecule has 2 aliphatic rings. The first-order chi connectivity index (χ1) is 4.29. The second-order valence-corrected chi connectivity index (χ2v) is 4.64. The second-order valence-electron chi connectivity index (χ2n) is 3.10. The minimum atomic E-state index is 0.838. The molecule has 1 fully saturated rings. The fraction of sp³-hybridized carbons (Fsp3) is 0.714. The van der Waals surface area contributed by atoms with E-state index in [0.717, 1.165) is 23.2 Å². The highest BCUT2D eigenvalue weighted by molar-refractivity contribution is 7.23. The van der Waals surface area contributed by atoms with E-state index >= 15 is 0 Å². The van der Waals surface area contributed by atoms with Crippen LogP contribution in [0, 0.1) is 11.8 Å². The van der Waals surface area contributed by atoms with E-state index in [1.54, 1.807) is 0 Å². The molecule has 1 saturated carbocycles. The van der Waals surface area contributed by atoms with Crippen LogP contribution in [0.3, 0.4) is 0 Å². The average molecular weight is 158 g/mol. The zero-order valence-electron chi connectivity index (χ0n) is 5.33. The Hall–Kier alpha value is 0.600. The second kappa shape index (κ2) is 2.04. The highest BCUT2D eigenvalue weighted by atomic mass is 31.0. The SMILES string of the molecule is P[C@@H]1[C@@H](P)[C@H]2C=C[C@@H]1C2. The van der Waals surface area contributed by atoms with Gasteiger partial charge in [0.05, 0.1) is 0 Å². The minimum absolute atomic E-state index is 0.838. The molecule has 2 heteroatoms. The molecule has 0 heterocycles. The smallest absolute Gasteiger partial charge is 0.0133 e. The van der Waals surface area contributed by atoms with E-state index in [0.29, 0.717) is 0 Å². The summed E-state index contributed by atoms with van der Waals surface area (Å²) in [4.78, 5) is 0. The van der Waals surface area contributed by atoms with Gasteiger partial charge in [-0.3, -0.25) is 0 Å². The molecule has 0 aromatic carbocycles. The van der Waals surface area contributed by atoms with Crippen molar-refractivity contribution in [2.75, 3.05) is 0 Å². The first-order valence-corrected chi connectivity index (χ1v) is 4.82. The average Bonchev–Trinajstić information content (AvgIpc) is 2.37. The number of rotatable bonds is 0. The van der Waals surface area contributed by atoms with E-state index in [-0.39, 0.29) is 0 Å². The van der Waals surface area contributed by atoms with Crippen LogP contribution in [0.4, 0.5) is 0 Å². The largest absolute Gasteiger partial charge is 0.133 e. The van der Waals surface area contributed by atoms with Crippen LogP contribution >= 0.6 is 18.5 Å². The standard InChI is InChI=1S/C7H12P2/c8-6-4-1-2-5(3-4)7(6)9/h1-2,4-7H,3,8-9H2/t4-,5+,6-,7-/m0/s1. The lowest BCUT2D eigenvalue weighted by molar-refractivity contribution is 0.696. The van der Waals surface area contributed by atoms with Crippen molar-refractivity contribution in [1.29, 1.82) is 0 Å². The van der Waals surface area contributed by atoms with Gasteiger partial charge in [-0.05, 0) is 29.6 Å². The molecule has 0 aliphatic heterocycles. The molecule has 2 bridgehead atoms. The van der Waals surface area contributed by atoms with Crippen LogP contribution in [-0.2, 0) is 0 Å².